The van der Waals surface area contributed by atoms with Gasteiger partial charge in [0.2, 0.25) is 0 Å². The molecule has 0 atom stereocenters. The molecular formula is C26H28N4OS2. The van der Waals surface area contributed by atoms with Gasteiger partial charge in [0.15, 0.2) is 11.0 Å². The lowest BCUT2D eigenvalue weighted by Gasteiger charge is -2.19. The number of thioether (sulfide) groups is 1. The molecule has 0 bridgehead atoms. The molecule has 2 heterocycles. The fraction of sp³-hybridized carbons (Fsp3) is 0.269. The normalized spacial score (nSPS) is 11.5. The monoisotopic (exact) mass is 476 g/mol. The number of rotatable bonds is 9. The SMILES string of the molecule is C=CCn1c(COc2ccc(C(C)(C)C)cc2)nnc1SCc1csc(-c2ccccc2)n1. The summed E-state index contributed by atoms with van der Waals surface area (Å²) in [5, 5.41) is 12.7. The second-order valence-corrected chi connectivity index (χ2v) is 10.5. The first kappa shape index (κ1) is 23.3. The van der Waals surface area contributed by atoms with E-state index in [9.17, 15) is 0 Å². The lowest BCUT2D eigenvalue weighted by Crippen LogP contribution is -2.11. The van der Waals surface area contributed by atoms with Crippen molar-refractivity contribution in [3.8, 4) is 16.3 Å². The van der Waals surface area contributed by atoms with Gasteiger partial charge in [-0.3, -0.25) is 4.57 Å². The number of aromatic nitrogens is 4. The van der Waals surface area contributed by atoms with E-state index in [0.29, 0.717) is 13.2 Å². The van der Waals surface area contributed by atoms with Crippen LogP contribution in [0.3, 0.4) is 0 Å². The van der Waals surface area contributed by atoms with E-state index in [2.05, 4.69) is 67.2 Å². The Labute approximate surface area is 203 Å². The Hall–Kier alpha value is -2.90. The van der Waals surface area contributed by atoms with Crippen LogP contribution in [0.4, 0.5) is 0 Å². The third-order valence-electron chi connectivity index (χ3n) is 5.12. The zero-order chi connectivity index (χ0) is 23.3. The van der Waals surface area contributed by atoms with E-state index in [0.717, 1.165) is 38.7 Å². The van der Waals surface area contributed by atoms with Crippen LogP contribution in [0.5, 0.6) is 5.75 Å². The molecule has 4 rings (SSSR count). The summed E-state index contributed by atoms with van der Waals surface area (Å²) in [6, 6.07) is 18.5. The first-order valence-electron chi connectivity index (χ1n) is 10.8. The summed E-state index contributed by atoms with van der Waals surface area (Å²) >= 11 is 3.29. The van der Waals surface area contributed by atoms with Crippen molar-refractivity contribution in [2.75, 3.05) is 0 Å². The maximum Gasteiger partial charge on any atom is 0.191 e. The Morgan fingerprint density at radius 3 is 2.52 bits per heavy atom. The average Bonchev–Trinajstić information content (AvgIpc) is 3.44. The number of nitrogens with zero attached hydrogens (tertiary/aromatic N) is 4. The number of benzene rings is 2. The van der Waals surface area contributed by atoms with Crippen molar-refractivity contribution in [3.05, 3.63) is 89.7 Å². The van der Waals surface area contributed by atoms with Crippen molar-refractivity contribution in [1.82, 2.24) is 19.7 Å². The lowest BCUT2D eigenvalue weighted by atomic mass is 9.87. The van der Waals surface area contributed by atoms with Crippen LogP contribution >= 0.6 is 23.1 Å². The zero-order valence-electron chi connectivity index (χ0n) is 19.2. The molecule has 2 aromatic carbocycles. The van der Waals surface area contributed by atoms with Gasteiger partial charge >= 0.3 is 0 Å². The van der Waals surface area contributed by atoms with Gasteiger partial charge < -0.3 is 4.74 Å². The molecule has 0 saturated carbocycles. The van der Waals surface area contributed by atoms with Gasteiger partial charge in [0.1, 0.15) is 17.4 Å². The molecule has 4 aromatic rings. The van der Waals surface area contributed by atoms with Crippen LogP contribution < -0.4 is 4.74 Å². The van der Waals surface area contributed by atoms with Crippen LogP contribution in [-0.2, 0) is 24.3 Å². The molecule has 0 fully saturated rings. The molecule has 0 N–H and O–H groups in total. The Balaban J connectivity index is 1.40. The smallest absolute Gasteiger partial charge is 0.191 e. The zero-order valence-corrected chi connectivity index (χ0v) is 20.8. The van der Waals surface area contributed by atoms with E-state index in [-0.39, 0.29) is 5.41 Å². The first-order valence-corrected chi connectivity index (χ1v) is 12.7. The molecular weight excluding hydrogens is 448 g/mol. The van der Waals surface area contributed by atoms with Crippen LogP contribution in [0.2, 0.25) is 0 Å². The van der Waals surface area contributed by atoms with Crippen LogP contribution in [-0.4, -0.2) is 19.7 Å². The predicted molar refractivity (Wildman–Crippen MR) is 137 cm³/mol. The predicted octanol–water partition coefficient (Wildman–Crippen LogP) is 6.76. The molecule has 7 heteroatoms. The summed E-state index contributed by atoms with van der Waals surface area (Å²) in [7, 11) is 0. The molecule has 2 aromatic heterocycles. The molecule has 0 aliphatic rings. The number of allylic oxidation sites excluding steroid dienone is 1. The van der Waals surface area contributed by atoms with Crippen molar-refractivity contribution in [2.45, 2.75) is 50.2 Å². The summed E-state index contributed by atoms with van der Waals surface area (Å²) in [4.78, 5) is 4.77. The molecule has 0 aliphatic heterocycles. The van der Waals surface area contributed by atoms with Crippen LogP contribution in [0.1, 0.15) is 37.9 Å². The van der Waals surface area contributed by atoms with E-state index in [4.69, 9.17) is 9.72 Å². The highest BCUT2D eigenvalue weighted by atomic mass is 32.2. The average molecular weight is 477 g/mol. The Kier molecular flexibility index (Phi) is 7.30. The minimum atomic E-state index is 0.119. The quantitative estimate of drug-likeness (QED) is 0.197. The second kappa shape index (κ2) is 10.4. The number of hydrogen-bond acceptors (Lipinski definition) is 6. The first-order chi connectivity index (χ1) is 15.9. The van der Waals surface area contributed by atoms with Crippen molar-refractivity contribution >= 4 is 23.1 Å². The summed E-state index contributed by atoms with van der Waals surface area (Å²) < 4.78 is 8.04. The van der Waals surface area contributed by atoms with E-state index in [1.54, 1.807) is 23.1 Å². The number of hydrogen-bond donors (Lipinski definition) is 0. The molecule has 0 saturated heterocycles. The highest BCUT2D eigenvalue weighted by Gasteiger charge is 2.15. The largest absolute Gasteiger partial charge is 0.486 e. The van der Waals surface area contributed by atoms with E-state index in [1.807, 2.05) is 41.0 Å². The molecule has 0 amide bonds. The molecule has 0 radical (unpaired) electrons. The third-order valence-corrected chi connectivity index (χ3v) is 7.06. The van der Waals surface area contributed by atoms with Crippen molar-refractivity contribution < 1.29 is 4.74 Å². The minimum absolute atomic E-state index is 0.119. The van der Waals surface area contributed by atoms with Gasteiger partial charge in [-0.05, 0) is 23.1 Å². The molecule has 170 valence electrons. The van der Waals surface area contributed by atoms with Gasteiger partial charge in [-0.2, -0.15) is 0 Å². The fourth-order valence-electron chi connectivity index (χ4n) is 3.27. The van der Waals surface area contributed by atoms with Crippen molar-refractivity contribution in [3.63, 3.8) is 0 Å². The van der Waals surface area contributed by atoms with Gasteiger partial charge in [0, 0.05) is 23.2 Å². The fourth-order valence-corrected chi connectivity index (χ4v) is 5.06. The van der Waals surface area contributed by atoms with Crippen LogP contribution in [0, 0.1) is 0 Å². The lowest BCUT2D eigenvalue weighted by molar-refractivity contribution is 0.289. The van der Waals surface area contributed by atoms with E-state index in [1.165, 1.54) is 5.56 Å². The minimum Gasteiger partial charge on any atom is -0.486 e. The summed E-state index contributed by atoms with van der Waals surface area (Å²) in [5.74, 6) is 2.33. The topological polar surface area (TPSA) is 52.8 Å². The summed E-state index contributed by atoms with van der Waals surface area (Å²) in [6.45, 7) is 11.5. The Morgan fingerprint density at radius 1 is 1.06 bits per heavy atom. The Bertz CT molecular complexity index is 1190. The summed E-state index contributed by atoms with van der Waals surface area (Å²) in [5.41, 5.74) is 3.58. The van der Waals surface area contributed by atoms with Crippen LogP contribution in [0.25, 0.3) is 10.6 Å². The van der Waals surface area contributed by atoms with E-state index >= 15 is 0 Å². The number of thiazole rings is 1. The van der Waals surface area contributed by atoms with Crippen molar-refractivity contribution in [2.24, 2.45) is 0 Å². The van der Waals surface area contributed by atoms with Gasteiger partial charge in [0.05, 0.1) is 5.69 Å². The number of ether oxygens (including phenoxy) is 1. The maximum atomic E-state index is 6.00. The van der Waals surface area contributed by atoms with Gasteiger partial charge in [-0.15, -0.1) is 28.1 Å². The molecule has 33 heavy (non-hydrogen) atoms. The Morgan fingerprint density at radius 2 is 1.82 bits per heavy atom. The van der Waals surface area contributed by atoms with E-state index < -0.39 is 0 Å². The van der Waals surface area contributed by atoms with Crippen molar-refractivity contribution in [1.29, 1.82) is 0 Å². The van der Waals surface area contributed by atoms with Gasteiger partial charge in [0.25, 0.3) is 0 Å². The van der Waals surface area contributed by atoms with Gasteiger partial charge in [-0.1, -0.05) is 81.1 Å². The molecule has 0 aliphatic carbocycles. The summed E-state index contributed by atoms with van der Waals surface area (Å²) in [6.07, 6.45) is 1.85. The molecule has 0 spiro atoms. The maximum absolute atomic E-state index is 6.00. The molecule has 0 unspecified atom stereocenters. The van der Waals surface area contributed by atoms with Crippen LogP contribution in [0.15, 0.2) is 77.8 Å². The second-order valence-electron chi connectivity index (χ2n) is 8.66. The third kappa shape index (κ3) is 5.92. The standard InChI is InChI=1S/C26H28N4OS2/c1-5-15-30-23(16-31-22-13-11-20(12-14-22)26(2,3)4)28-29-25(30)33-18-21-17-32-24(27-21)19-9-7-6-8-10-19/h5-14,17H,1,15-16,18H2,2-4H3. The highest BCUT2D eigenvalue weighted by Crippen LogP contribution is 2.28. The van der Waals surface area contributed by atoms with Gasteiger partial charge in [-0.25, -0.2) is 4.98 Å². The molecule has 5 nitrogen and oxygen atoms in total. The highest BCUT2D eigenvalue weighted by molar-refractivity contribution is 7.98.